The zero-order valence-electron chi connectivity index (χ0n) is 47.9. The number of esters is 1. The van der Waals surface area contributed by atoms with Crippen molar-refractivity contribution in [2.45, 2.75) is 149 Å². The number of amides is 4. The van der Waals surface area contributed by atoms with Gasteiger partial charge in [-0.15, -0.1) is 0 Å². The van der Waals surface area contributed by atoms with Crippen molar-refractivity contribution >= 4 is 29.6 Å². The number of hydrogen-bond donors (Lipinski definition) is 4. The topological polar surface area (TPSA) is 215 Å². The summed E-state index contributed by atoms with van der Waals surface area (Å²) in [5.74, 6) is 2.03. The number of rotatable bonds is 27. The highest BCUT2D eigenvalue weighted by atomic mass is 16.5. The molecule has 0 radical (unpaired) electrons. The molecule has 2 aliphatic rings. The molecule has 5 aromatic rings. The summed E-state index contributed by atoms with van der Waals surface area (Å²) >= 11 is 0. The molecule has 2 atom stereocenters. The number of nitrogens with one attached hydrogen (secondary N) is 4. The van der Waals surface area contributed by atoms with Crippen LogP contribution in [0.5, 0.6) is 23.0 Å². The summed E-state index contributed by atoms with van der Waals surface area (Å²) in [5, 5.41) is 21.0. The van der Waals surface area contributed by atoms with E-state index in [-0.39, 0.29) is 65.9 Å². The molecule has 0 spiro atoms. The molecule has 0 bridgehead atoms. The Labute approximate surface area is 466 Å². The lowest BCUT2D eigenvalue weighted by Gasteiger charge is -2.29. The van der Waals surface area contributed by atoms with Gasteiger partial charge < -0.3 is 45.0 Å². The lowest BCUT2D eigenvalue weighted by Crippen LogP contribution is -2.51. The van der Waals surface area contributed by atoms with Gasteiger partial charge in [0, 0.05) is 31.6 Å². The van der Waals surface area contributed by atoms with Gasteiger partial charge in [0.25, 0.3) is 11.8 Å². The molecular weight excluding hydrogens is 1000 g/mol. The molecule has 2 fully saturated rings. The van der Waals surface area contributed by atoms with E-state index in [2.05, 4.69) is 63.9 Å². The summed E-state index contributed by atoms with van der Waals surface area (Å²) in [7, 11) is 7.67. The number of hydrogen-bond acceptors (Lipinski definition) is 12. The van der Waals surface area contributed by atoms with Gasteiger partial charge in [-0.25, -0.2) is 0 Å². The Balaban J connectivity index is 0.000000256. The average Bonchev–Trinajstić information content (AvgIpc) is 4.15. The van der Waals surface area contributed by atoms with E-state index in [1.807, 2.05) is 71.4 Å². The van der Waals surface area contributed by atoms with Gasteiger partial charge in [0.15, 0.2) is 11.4 Å². The van der Waals surface area contributed by atoms with E-state index in [0.717, 1.165) is 54.5 Å². The molecule has 4 amide bonds. The molecule has 0 unspecified atom stereocenters. The summed E-state index contributed by atoms with van der Waals surface area (Å²) in [6.45, 7) is 9.33. The Morgan fingerprint density at radius 2 is 1.14 bits per heavy atom. The van der Waals surface area contributed by atoms with Gasteiger partial charge in [0.2, 0.25) is 11.8 Å². The maximum absolute atomic E-state index is 13.6. The van der Waals surface area contributed by atoms with Gasteiger partial charge >= 0.3 is 5.97 Å². The summed E-state index contributed by atoms with van der Waals surface area (Å²) in [6.07, 6.45) is 13.3. The molecule has 4 N–H and O–H groups in total. The second kappa shape index (κ2) is 30.7. The van der Waals surface area contributed by atoms with Gasteiger partial charge in [-0.2, -0.15) is 10.2 Å². The van der Waals surface area contributed by atoms with E-state index in [1.165, 1.54) is 39.2 Å². The second-order valence-corrected chi connectivity index (χ2v) is 21.4. The van der Waals surface area contributed by atoms with Crippen molar-refractivity contribution in [2.75, 3.05) is 42.1 Å². The number of carbonyl (C=O) groups excluding carboxylic acids is 5. The van der Waals surface area contributed by atoms with Crippen molar-refractivity contribution in [3.8, 4) is 45.5 Å². The quantitative estimate of drug-likeness (QED) is 0.0362. The molecule has 7 rings (SSSR count). The van der Waals surface area contributed by atoms with Crippen LogP contribution in [0.15, 0.2) is 78.9 Å². The Bertz CT molecular complexity index is 2720. The van der Waals surface area contributed by atoms with E-state index in [4.69, 9.17) is 18.9 Å². The lowest BCUT2D eigenvalue weighted by molar-refractivity contribution is -0.141. The number of methoxy groups -OCH3 is 5. The molecule has 2 aromatic heterocycles. The standard InChI is InChI=1S/C31H46N4O6.C30H38N4O4/c1-21(2)20-35-25(30-26(39-3)15-10-16-27(30)40-4)18-24(34-35)31(38)33-23(17-28(36)32-19-29(37)41-5)14-9-13-22-11-7-6-8-12-22;1-20(2)19-34-25(28-26(37-3)14-9-15-27(28)38-4)18-24(33-34)30(36)32-23(29(35)31-22-12-8-13-22)17-16-21-10-6-5-7-11-21/h10,15-16,18,21-23H,6-9,11-14,17,19-20H2,1-5H3,(H,32,36)(H,33,38);5-7,9-11,14-15,18,20,22-23H,8,12-13,16-17,19H2,1-4H3,(H,31,35)(H,32,36)/t2*23-/m00/s1. The third-order valence-electron chi connectivity index (χ3n) is 14.4. The Morgan fingerprint density at radius 1 is 0.620 bits per heavy atom. The predicted molar refractivity (Wildman–Crippen MR) is 304 cm³/mol. The molecule has 2 heterocycles. The summed E-state index contributed by atoms with van der Waals surface area (Å²) in [5.41, 5.74) is 4.50. The van der Waals surface area contributed by atoms with E-state index >= 15 is 0 Å². The highest BCUT2D eigenvalue weighted by Gasteiger charge is 2.30. The number of aromatic nitrogens is 4. The first-order valence-electron chi connectivity index (χ1n) is 28.0. The van der Waals surface area contributed by atoms with Gasteiger partial charge in [0.1, 0.15) is 35.6 Å². The maximum atomic E-state index is 13.6. The summed E-state index contributed by atoms with van der Waals surface area (Å²) in [4.78, 5) is 64.3. The van der Waals surface area contributed by atoms with Gasteiger partial charge in [-0.1, -0.05) is 115 Å². The van der Waals surface area contributed by atoms with E-state index in [9.17, 15) is 24.0 Å². The van der Waals surface area contributed by atoms with Gasteiger partial charge in [-0.3, -0.25) is 33.3 Å². The highest BCUT2D eigenvalue weighted by molar-refractivity contribution is 5.97. The van der Waals surface area contributed by atoms with Crippen LogP contribution in [0.4, 0.5) is 0 Å². The number of ether oxygens (including phenoxy) is 5. The largest absolute Gasteiger partial charge is 0.496 e. The minimum absolute atomic E-state index is 0.0628. The molecule has 18 heteroatoms. The first-order chi connectivity index (χ1) is 38.1. The molecule has 2 aliphatic carbocycles. The zero-order chi connectivity index (χ0) is 56.8. The second-order valence-electron chi connectivity index (χ2n) is 21.4. The summed E-state index contributed by atoms with van der Waals surface area (Å²) in [6, 6.07) is 23.7. The molecule has 79 heavy (non-hydrogen) atoms. The summed E-state index contributed by atoms with van der Waals surface area (Å²) < 4.78 is 30.7. The Hall–Kier alpha value is -7.37. The number of benzene rings is 3. The minimum Gasteiger partial charge on any atom is -0.496 e. The van der Waals surface area contributed by atoms with Gasteiger partial charge in [0.05, 0.1) is 58.1 Å². The van der Waals surface area contributed by atoms with Crippen molar-refractivity contribution in [1.82, 2.24) is 40.8 Å². The molecule has 2 saturated carbocycles. The highest BCUT2D eigenvalue weighted by Crippen LogP contribution is 2.40. The first kappa shape index (κ1) is 60.9. The van der Waals surface area contributed by atoms with Crippen LogP contribution in [-0.4, -0.2) is 109 Å². The molecule has 0 aliphatic heterocycles. The third kappa shape index (κ3) is 17.8. The van der Waals surface area contributed by atoms with E-state index < -0.39 is 18.1 Å². The maximum Gasteiger partial charge on any atom is 0.325 e. The van der Waals surface area contributed by atoms with Crippen molar-refractivity contribution in [3.63, 3.8) is 0 Å². The molecule has 18 nitrogen and oxygen atoms in total. The average molecular weight is 1090 g/mol. The number of nitrogens with zero attached hydrogens (tertiary/aromatic N) is 4. The van der Waals surface area contributed by atoms with Crippen LogP contribution in [-0.2, 0) is 38.6 Å². The number of aryl methyl sites for hydroxylation is 1. The third-order valence-corrected chi connectivity index (χ3v) is 14.4. The van der Waals surface area contributed by atoms with Crippen LogP contribution >= 0.6 is 0 Å². The molecule has 0 saturated heterocycles. The predicted octanol–water partition coefficient (Wildman–Crippen LogP) is 9.37. The van der Waals surface area contributed by atoms with Crippen molar-refractivity contribution < 1.29 is 47.7 Å². The first-order valence-corrected chi connectivity index (χ1v) is 28.0. The molecule has 3 aromatic carbocycles. The normalized spacial score (nSPS) is 14.2. The Kier molecular flexibility index (Phi) is 23.6. The molecule has 428 valence electrons. The fraction of sp³-hybridized carbons (Fsp3) is 0.525. The van der Waals surface area contributed by atoms with Crippen LogP contribution < -0.4 is 40.2 Å². The number of carbonyl (C=O) groups is 5. The zero-order valence-corrected chi connectivity index (χ0v) is 47.9. The SMILES string of the molecule is COC(=O)CNC(=O)C[C@H](CCCC1CCCCC1)NC(=O)c1cc(-c2c(OC)cccc2OC)n(CC(C)C)n1.COc1cccc(OC)c1-c1cc(C(=O)N[C@@H](CCc2ccccc2)C(=O)NC2CCC2)nn1CC(C)C. The van der Waals surface area contributed by atoms with Crippen molar-refractivity contribution in [2.24, 2.45) is 17.8 Å². The monoisotopic (exact) mass is 1090 g/mol. The lowest BCUT2D eigenvalue weighted by atomic mass is 9.85. The van der Waals surface area contributed by atoms with Crippen LogP contribution in [0, 0.1) is 17.8 Å². The fourth-order valence-electron chi connectivity index (χ4n) is 10.1. The van der Waals surface area contributed by atoms with Crippen molar-refractivity contribution in [3.05, 3.63) is 95.8 Å². The molecular formula is C61H84N8O10. The van der Waals surface area contributed by atoms with Crippen LogP contribution in [0.2, 0.25) is 0 Å². The van der Waals surface area contributed by atoms with Crippen LogP contribution in [0.1, 0.15) is 138 Å². The fourth-order valence-corrected chi connectivity index (χ4v) is 10.1. The van der Waals surface area contributed by atoms with Gasteiger partial charge in [-0.05, 0) is 98.2 Å². The van der Waals surface area contributed by atoms with E-state index in [1.54, 1.807) is 45.3 Å². The van der Waals surface area contributed by atoms with E-state index in [0.29, 0.717) is 67.0 Å². The minimum atomic E-state index is -0.664. The smallest absolute Gasteiger partial charge is 0.325 e. The van der Waals surface area contributed by atoms with Crippen LogP contribution in [0.25, 0.3) is 22.5 Å². The van der Waals surface area contributed by atoms with Crippen LogP contribution in [0.3, 0.4) is 0 Å². The Morgan fingerprint density at radius 3 is 1.61 bits per heavy atom. The van der Waals surface area contributed by atoms with Crippen molar-refractivity contribution in [1.29, 1.82) is 0 Å².